The maximum absolute atomic E-state index is 13.5. The number of hydrogen-bond acceptors (Lipinski definition) is 7. The molecular weight excluding hydrogens is 621 g/mol. The minimum atomic E-state index is -3.34. The van der Waals surface area contributed by atoms with E-state index in [2.05, 4.69) is 20.1 Å². The number of anilines is 2. The molecule has 0 spiro atoms. The van der Waals surface area contributed by atoms with Gasteiger partial charge in [0.2, 0.25) is 10.0 Å². The molecule has 2 heterocycles. The number of hydrogen-bond donors (Lipinski definition) is 2. The lowest BCUT2D eigenvalue weighted by atomic mass is 10.0. The van der Waals surface area contributed by atoms with Gasteiger partial charge in [0, 0.05) is 42.6 Å². The van der Waals surface area contributed by atoms with E-state index in [1.165, 1.54) is 12.1 Å². The van der Waals surface area contributed by atoms with Gasteiger partial charge in [-0.05, 0) is 92.9 Å². The quantitative estimate of drug-likeness (QED) is 0.195. The number of aromatic nitrogens is 1. The molecule has 0 aliphatic carbocycles. The van der Waals surface area contributed by atoms with Gasteiger partial charge in [-0.2, -0.15) is 0 Å². The van der Waals surface area contributed by atoms with Crippen molar-refractivity contribution in [3.05, 3.63) is 101 Å². The molecule has 1 saturated heterocycles. The molecule has 1 fully saturated rings. The SMILES string of the molecule is Cc1noc(C)c1CN(C(=O)Nc1ccc(F)cc1)C1CCN(Cc2ccc(Oc3ccc(NS(C)(=O)=O)cc3)cc2)CC1.Cl. The van der Waals surface area contributed by atoms with Crippen LogP contribution in [0.1, 0.15) is 35.4 Å². The molecule has 4 aromatic rings. The van der Waals surface area contributed by atoms with Crippen molar-refractivity contribution in [2.24, 2.45) is 0 Å². The molecule has 240 valence electrons. The number of rotatable bonds is 10. The summed E-state index contributed by atoms with van der Waals surface area (Å²) >= 11 is 0. The van der Waals surface area contributed by atoms with Gasteiger partial charge in [0.05, 0.1) is 18.5 Å². The second-order valence-corrected chi connectivity index (χ2v) is 12.8. The highest BCUT2D eigenvalue weighted by Gasteiger charge is 2.30. The zero-order chi connectivity index (χ0) is 31.3. The van der Waals surface area contributed by atoms with Crippen LogP contribution in [0.15, 0.2) is 77.3 Å². The first-order valence-corrected chi connectivity index (χ1v) is 16.2. The monoisotopic (exact) mass is 657 g/mol. The molecule has 1 aliphatic heterocycles. The van der Waals surface area contributed by atoms with Crippen LogP contribution >= 0.6 is 12.4 Å². The largest absolute Gasteiger partial charge is 0.457 e. The molecule has 0 radical (unpaired) electrons. The van der Waals surface area contributed by atoms with Gasteiger partial charge in [-0.25, -0.2) is 17.6 Å². The number of nitrogens with one attached hydrogen (secondary N) is 2. The number of aryl methyl sites for hydroxylation is 2. The molecule has 3 aromatic carbocycles. The molecule has 45 heavy (non-hydrogen) atoms. The topological polar surface area (TPSA) is 117 Å². The Morgan fingerprint density at radius 2 is 1.56 bits per heavy atom. The van der Waals surface area contributed by atoms with E-state index in [9.17, 15) is 17.6 Å². The van der Waals surface area contributed by atoms with Gasteiger partial charge in [-0.3, -0.25) is 9.62 Å². The molecule has 1 aromatic heterocycles. The molecule has 0 atom stereocenters. The van der Waals surface area contributed by atoms with Crippen LogP contribution in [0, 0.1) is 19.7 Å². The molecule has 2 N–H and O–H groups in total. The van der Waals surface area contributed by atoms with Crippen LogP contribution < -0.4 is 14.8 Å². The average molecular weight is 658 g/mol. The predicted octanol–water partition coefficient (Wildman–Crippen LogP) is 6.71. The van der Waals surface area contributed by atoms with E-state index in [0.29, 0.717) is 35.2 Å². The minimum absolute atomic E-state index is 0. The van der Waals surface area contributed by atoms with Crippen molar-refractivity contribution in [2.75, 3.05) is 29.4 Å². The summed E-state index contributed by atoms with van der Waals surface area (Å²) in [7, 11) is -3.34. The van der Waals surface area contributed by atoms with E-state index < -0.39 is 10.0 Å². The lowest BCUT2D eigenvalue weighted by molar-refractivity contribution is 0.119. The van der Waals surface area contributed by atoms with Crippen molar-refractivity contribution in [1.29, 1.82) is 0 Å². The van der Waals surface area contributed by atoms with Gasteiger partial charge in [-0.1, -0.05) is 17.3 Å². The van der Waals surface area contributed by atoms with Gasteiger partial charge >= 0.3 is 6.03 Å². The van der Waals surface area contributed by atoms with Gasteiger partial charge in [0.1, 0.15) is 23.1 Å². The maximum atomic E-state index is 13.5. The fourth-order valence-corrected chi connectivity index (χ4v) is 5.81. The molecule has 13 heteroatoms. The smallest absolute Gasteiger partial charge is 0.322 e. The van der Waals surface area contributed by atoms with Crippen LogP contribution in [0.5, 0.6) is 11.5 Å². The third-order valence-electron chi connectivity index (χ3n) is 7.59. The standard InChI is InChI=1S/C32H36FN5O5S.ClH/c1-22-31(23(2)43-35-22)21-38(32(39)34-26-8-6-25(33)7-9-26)28-16-18-37(19-17-28)20-24-4-12-29(13-5-24)42-30-14-10-27(11-15-30)36-44(3,40)41;/h4-15,28,36H,16-21H2,1-3H3,(H,34,39);1H. The number of ether oxygens (including phenoxy) is 1. The number of halogens is 2. The number of piperidine rings is 1. The third kappa shape index (κ3) is 9.43. The molecular formula is C32H37ClFN5O5S. The summed E-state index contributed by atoms with van der Waals surface area (Å²) in [5.74, 6) is 1.61. The molecule has 0 unspecified atom stereocenters. The molecule has 2 amide bonds. The summed E-state index contributed by atoms with van der Waals surface area (Å²) in [5, 5.41) is 6.98. The van der Waals surface area contributed by atoms with Crippen molar-refractivity contribution in [3.8, 4) is 11.5 Å². The Morgan fingerprint density at radius 1 is 0.978 bits per heavy atom. The fraction of sp³-hybridized carbons (Fsp3) is 0.312. The van der Waals surface area contributed by atoms with E-state index in [0.717, 1.165) is 55.6 Å². The molecule has 1 aliphatic rings. The fourth-order valence-electron chi connectivity index (χ4n) is 5.24. The summed E-state index contributed by atoms with van der Waals surface area (Å²) in [5.41, 5.74) is 3.80. The lowest BCUT2D eigenvalue weighted by Gasteiger charge is -2.38. The number of nitrogens with zero attached hydrogens (tertiary/aromatic N) is 3. The Bertz CT molecular complexity index is 1660. The predicted molar refractivity (Wildman–Crippen MR) is 174 cm³/mol. The van der Waals surface area contributed by atoms with Crippen molar-refractivity contribution in [2.45, 2.75) is 45.8 Å². The molecule has 5 rings (SSSR count). The summed E-state index contributed by atoms with van der Waals surface area (Å²) in [4.78, 5) is 17.7. The number of likely N-dealkylation sites (tertiary alicyclic amines) is 1. The van der Waals surface area contributed by atoms with E-state index in [1.807, 2.05) is 43.0 Å². The van der Waals surface area contributed by atoms with Gasteiger partial charge in [-0.15, -0.1) is 12.4 Å². The van der Waals surface area contributed by atoms with Crippen LogP contribution in [0.2, 0.25) is 0 Å². The maximum Gasteiger partial charge on any atom is 0.322 e. The van der Waals surface area contributed by atoms with Crippen molar-refractivity contribution < 1.29 is 26.9 Å². The first-order chi connectivity index (χ1) is 21.0. The Morgan fingerprint density at radius 3 is 2.11 bits per heavy atom. The number of amides is 2. The van der Waals surface area contributed by atoms with Crippen LogP contribution in [0.4, 0.5) is 20.6 Å². The lowest BCUT2D eigenvalue weighted by Crippen LogP contribution is -2.48. The van der Waals surface area contributed by atoms with Gasteiger partial charge < -0.3 is 19.5 Å². The zero-order valence-corrected chi connectivity index (χ0v) is 27.0. The second kappa shape index (κ2) is 14.8. The summed E-state index contributed by atoms with van der Waals surface area (Å²) in [6.45, 7) is 6.49. The number of benzene rings is 3. The van der Waals surface area contributed by atoms with Crippen molar-refractivity contribution >= 4 is 39.8 Å². The first-order valence-electron chi connectivity index (χ1n) is 14.3. The summed E-state index contributed by atoms with van der Waals surface area (Å²) in [6.07, 6.45) is 2.70. The average Bonchev–Trinajstić information content (AvgIpc) is 3.31. The van der Waals surface area contributed by atoms with E-state index in [1.54, 1.807) is 36.4 Å². The Kier molecular flexibility index (Phi) is 11.1. The number of carbonyl (C=O) groups excluding carboxylic acids is 1. The highest BCUT2D eigenvalue weighted by molar-refractivity contribution is 7.92. The van der Waals surface area contributed by atoms with Crippen molar-refractivity contribution in [3.63, 3.8) is 0 Å². The Labute approximate surface area is 269 Å². The Balaban J connectivity index is 0.00000461. The van der Waals surface area contributed by atoms with Gasteiger partial charge in [0.15, 0.2) is 0 Å². The van der Waals surface area contributed by atoms with E-state index >= 15 is 0 Å². The van der Waals surface area contributed by atoms with Crippen LogP contribution in [-0.4, -0.2) is 54.8 Å². The molecule has 0 saturated carbocycles. The van der Waals surface area contributed by atoms with Crippen LogP contribution in [0.3, 0.4) is 0 Å². The van der Waals surface area contributed by atoms with E-state index in [-0.39, 0.29) is 30.3 Å². The zero-order valence-electron chi connectivity index (χ0n) is 25.3. The number of carbonyl (C=O) groups is 1. The van der Waals surface area contributed by atoms with Crippen LogP contribution in [0.25, 0.3) is 0 Å². The van der Waals surface area contributed by atoms with Crippen molar-refractivity contribution in [1.82, 2.24) is 15.0 Å². The normalized spacial score (nSPS) is 14.0. The molecule has 0 bridgehead atoms. The summed E-state index contributed by atoms with van der Waals surface area (Å²) < 4.78 is 49.9. The molecule has 10 nitrogen and oxygen atoms in total. The number of sulfonamides is 1. The first kappa shape index (κ1) is 33.8. The second-order valence-electron chi connectivity index (χ2n) is 11.0. The highest BCUT2D eigenvalue weighted by Crippen LogP contribution is 2.26. The minimum Gasteiger partial charge on any atom is -0.457 e. The third-order valence-corrected chi connectivity index (χ3v) is 8.19. The Hall–Kier alpha value is -4.13. The van der Waals surface area contributed by atoms with E-state index in [4.69, 9.17) is 9.26 Å². The van der Waals surface area contributed by atoms with Crippen LogP contribution in [-0.2, 0) is 23.1 Å². The summed E-state index contributed by atoms with van der Waals surface area (Å²) in [6, 6.07) is 20.1. The number of urea groups is 1. The highest BCUT2D eigenvalue weighted by atomic mass is 35.5. The van der Waals surface area contributed by atoms with Gasteiger partial charge in [0.25, 0.3) is 0 Å².